The van der Waals surface area contributed by atoms with Crippen LogP contribution in [0.3, 0.4) is 0 Å². The second-order valence-corrected chi connectivity index (χ2v) is 7.99. The van der Waals surface area contributed by atoms with Gasteiger partial charge in [0.1, 0.15) is 0 Å². The smallest absolute Gasteiger partial charge is 0.256 e. The zero-order valence-electron chi connectivity index (χ0n) is 13.3. The number of unbranched alkanes of at least 4 members (excludes halogenated alkanes) is 1. The lowest BCUT2D eigenvalue weighted by molar-refractivity contribution is 0.102. The summed E-state index contributed by atoms with van der Waals surface area (Å²) < 4.78 is 27.1. The molecule has 1 amide bonds. The van der Waals surface area contributed by atoms with Crippen molar-refractivity contribution < 1.29 is 13.2 Å². The fourth-order valence-electron chi connectivity index (χ4n) is 2.07. The summed E-state index contributed by atoms with van der Waals surface area (Å²) in [6.45, 7) is 1.94. The summed E-state index contributed by atoms with van der Waals surface area (Å²) in [6, 6.07) is 13.7. The lowest BCUT2D eigenvalue weighted by Gasteiger charge is -2.10. The van der Waals surface area contributed by atoms with E-state index in [1.807, 2.05) is 13.0 Å². The first-order valence-electron chi connectivity index (χ1n) is 7.58. The van der Waals surface area contributed by atoms with Gasteiger partial charge in [-0.1, -0.05) is 31.5 Å². The van der Waals surface area contributed by atoms with E-state index in [0.29, 0.717) is 27.8 Å². The minimum absolute atomic E-state index is 0.0804. The number of carbonyl (C=O) groups is 1. The molecule has 24 heavy (non-hydrogen) atoms. The Morgan fingerprint density at radius 1 is 1.08 bits per heavy atom. The molecule has 0 unspecified atom stereocenters. The second kappa shape index (κ2) is 8.30. The van der Waals surface area contributed by atoms with Crippen LogP contribution in [0.5, 0.6) is 0 Å². The Morgan fingerprint density at radius 2 is 1.79 bits per heavy atom. The quantitative estimate of drug-likeness (QED) is 0.716. The van der Waals surface area contributed by atoms with E-state index in [4.69, 9.17) is 0 Å². The van der Waals surface area contributed by atoms with E-state index in [1.165, 1.54) is 0 Å². The van der Waals surface area contributed by atoms with E-state index >= 15 is 0 Å². The van der Waals surface area contributed by atoms with Crippen LogP contribution >= 0.6 is 15.9 Å². The summed E-state index contributed by atoms with van der Waals surface area (Å²) in [5.41, 5.74) is 1.45. The van der Waals surface area contributed by atoms with E-state index in [0.717, 1.165) is 6.42 Å². The molecule has 0 aliphatic heterocycles. The maximum absolute atomic E-state index is 12.3. The van der Waals surface area contributed by atoms with Gasteiger partial charge in [-0.25, -0.2) is 8.42 Å². The van der Waals surface area contributed by atoms with Gasteiger partial charge in [-0.3, -0.25) is 9.52 Å². The lowest BCUT2D eigenvalue weighted by atomic mass is 10.2. The number of benzene rings is 2. The van der Waals surface area contributed by atoms with Crippen LogP contribution < -0.4 is 10.0 Å². The molecular formula is C17H19BrN2O3S. The predicted molar refractivity (Wildman–Crippen MR) is 101 cm³/mol. The molecule has 0 spiro atoms. The Kier molecular flexibility index (Phi) is 6.39. The number of anilines is 2. The molecule has 0 aromatic heterocycles. The summed E-state index contributed by atoms with van der Waals surface area (Å²) in [7, 11) is -3.37. The average molecular weight is 411 g/mol. The van der Waals surface area contributed by atoms with Gasteiger partial charge in [-0.2, -0.15) is 0 Å². The van der Waals surface area contributed by atoms with Crippen LogP contribution in [0.2, 0.25) is 0 Å². The zero-order valence-corrected chi connectivity index (χ0v) is 15.7. The summed E-state index contributed by atoms with van der Waals surface area (Å²) in [5.74, 6) is -0.190. The molecule has 0 saturated heterocycles. The van der Waals surface area contributed by atoms with Crippen LogP contribution in [0, 0.1) is 0 Å². The molecule has 0 bridgehead atoms. The third-order valence-corrected chi connectivity index (χ3v) is 5.34. The van der Waals surface area contributed by atoms with Gasteiger partial charge in [0, 0.05) is 10.2 Å². The van der Waals surface area contributed by atoms with Crippen molar-refractivity contribution in [2.24, 2.45) is 0 Å². The van der Waals surface area contributed by atoms with Crippen molar-refractivity contribution in [3.8, 4) is 0 Å². The highest BCUT2D eigenvalue weighted by atomic mass is 79.9. The summed E-state index contributed by atoms with van der Waals surface area (Å²) in [5, 5.41) is 2.76. The molecule has 0 atom stereocenters. The van der Waals surface area contributed by atoms with Crippen molar-refractivity contribution >= 4 is 43.2 Å². The number of rotatable bonds is 7. The van der Waals surface area contributed by atoms with Crippen LogP contribution in [0.4, 0.5) is 11.4 Å². The fraction of sp³-hybridized carbons (Fsp3) is 0.235. The lowest BCUT2D eigenvalue weighted by Crippen LogP contribution is -2.17. The molecule has 2 aromatic rings. The highest BCUT2D eigenvalue weighted by Crippen LogP contribution is 2.20. The first kappa shape index (κ1) is 18.5. The van der Waals surface area contributed by atoms with Crippen LogP contribution in [-0.4, -0.2) is 20.1 Å². The number of halogens is 1. The van der Waals surface area contributed by atoms with E-state index in [1.54, 1.807) is 42.5 Å². The van der Waals surface area contributed by atoms with Gasteiger partial charge in [0.25, 0.3) is 5.91 Å². The zero-order chi connectivity index (χ0) is 17.6. The monoisotopic (exact) mass is 410 g/mol. The van der Waals surface area contributed by atoms with E-state index in [2.05, 4.69) is 26.0 Å². The normalized spacial score (nSPS) is 11.1. The minimum atomic E-state index is -3.37. The summed E-state index contributed by atoms with van der Waals surface area (Å²) in [6.07, 6.45) is 1.41. The van der Waals surface area contributed by atoms with Crippen molar-refractivity contribution in [1.82, 2.24) is 0 Å². The second-order valence-electron chi connectivity index (χ2n) is 5.29. The van der Waals surface area contributed by atoms with Gasteiger partial charge in [-0.05, 0) is 52.7 Å². The molecule has 0 aliphatic rings. The largest absolute Gasteiger partial charge is 0.322 e. The Morgan fingerprint density at radius 3 is 2.50 bits per heavy atom. The molecule has 128 valence electrons. The van der Waals surface area contributed by atoms with Crippen LogP contribution in [0.25, 0.3) is 0 Å². The van der Waals surface area contributed by atoms with Gasteiger partial charge in [0.05, 0.1) is 17.0 Å². The maximum atomic E-state index is 12.3. The molecule has 0 aliphatic carbocycles. The maximum Gasteiger partial charge on any atom is 0.256 e. The minimum Gasteiger partial charge on any atom is -0.322 e. The highest BCUT2D eigenvalue weighted by Gasteiger charge is 2.12. The Hall–Kier alpha value is -1.86. The number of sulfonamides is 1. The van der Waals surface area contributed by atoms with Crippen molar-refractivity contribution in [1.29, 1.82) is 0 Å². The first-order valence-corrected chi connectivity index (χ1v) is 10.0. The molecule has 0 heterocycles. The van der Waals surface area contributed by atoms with Crippen molar-refractivity contribution in [2.75, 3.05) is 15.8 Å². The third-order valence-electron chi connectivity index (χ3n) is 3.28. The van der Waals surface area contributed by atoms with Gasteiger partial charge in [-0.15, -0.1) is 0 Å². The van der Waals surface area contributed by atoms with Gasteiger partial charge < -0.3 is 5.32 Å². The molecule has 0 saturated carbocycles. The number of nitrogens with one attached hydrogen (secondary N) is 2. The molecule has 2 N–H and O–H groups in total. The van der Waals surface area contributed by atoms with Crippen molar-refractivity contribution in [3.05, 3.63) is 58.6 Å². The van der Waals surface area contributed by atoms with Crippen molar-refractivity contribution in [2.45, 2.75) is 19.8 Å². The SMILES string of the molecule is CCCCS(=O)(=O)Nc1cccc(NC(=O)c2ccccc2Br)c1. The van der Waals surface area contributed by atoms with Crippen LogP contribution in [0.1, 0.15) is 30.1 Å². The number of hydrogen-bond acceptors (Lipinski definition) is 3. The number of amides is 1. The first-order chi connectivity index (χ1) is 11.4. The Balaban J connectivity index is 2.11. The Labute approximate surface area is 150 Å². The molecule has 2 aromatic carbocycles. The number of hydrogen-bond donors (Lipinski definition) is 2. The topological polar surface area (TPSA) is 75.3 Å². The highest BCUT2D eigenvalue weighted by molar-refractivity contribution is 9.10. The predicted octanol–water partition coefficient (Wildman–Crippen LogP) is 4.24. The van der Waals surface area contributed by atoms with Gasteiger partial charge in [0.15, 0.2) is 0 Å². The van der Waals surface area contributed by atoms with E-state index in [-0.39, 0.29) is 11.7 Å². The van der Waals surface area contributed by atoms with Crippen molar-refractivity contribution in [3.63, 3.8) is 0 Å². The summed E-state index contributed by atoms with van der Waals surface area (Å²) >= 11 is 3.34. The molecule has 0 fully saturated rings. The Bertz CT molecular complexity index is 822. The van der Waals surface area contributed by atoms with Crippen LogP contribution in [-0.2, 0) is 10.0 Å². The summed E-state index contributed by atoms with van der Waals surface area (Å²) in [4.78, 5) is 12.3. The van der Waals surface area contributed by atoms with Gasteiger partial charge >= 0.3 is 0 Å². The van der Waals surface area contributed by atoms with E-state index in [9.17, 15) is 13.2 Å². The van der Waals surface area contributed by atoms with E-state index < -0.39 is 10.0 Å². The molecular weight excluding hydrogens is 392 g/mol. The molecule has 2 rings (SSSR count). The average Bonchev–Trinajstić information content (AvgIpc) is 2.53. The third kappa shape index (κ3) is 5.35. The fourth-order valence-corrected chi connectivity index (χ4v) is 3.79. The standard InChI is InChI=1S/C17H19BrN2O3S/c1-2-3-11-24(22,23)20-14-8-6-7-13(12-14)19-17(21)15-9-4-5-10-16(15)18/h4-10,12,20H,2-3,11H2,1H3,(H,19,21). The molecule has 0 radical (unpaired) electrons. The van der Waals surface area contributed by atoms with Crippen LogP contribution in [0.15, 0.2) is 53.0 Å². The molecule has 5 nitrogen and oxygen atoms in total. The molecule has 7 heteroatoms. The van der Waals surface area contributed by atoms with Gasteiger partial charge in [0.2, 0.25) is 10.0 Å². The number of carbonyl (C=O) groups excluding carboxylic acids is 1.